The van der Waals surface area contributed by atoms with Crippen LogP contribution in [0.25, 0.3) is 0 Å². The van der Waals surface area contributed by atoms with Crippen molar-refractivity contribution in [3.63, 3.8) is 0 Å². The SMILES string of the molecule is O=C(c1cccc(Cl)c1)N1CCc2cc(S(=O)(=O)NC3CCCC3)ccc21. The number of fused-ring (bicyclic) bond motifs is 1. The average Bonchev–Trinajstić information content (AvgIpc) is 3.29. The summed E-state index contributed by atoms with van der Waals surface area (Å²) < 4.78 is 28.1. The van der Waals surface area contributed by atoms with Crippen LogP contribution in [0.2, 0.25) is 5.02 Å². The maximum atomic E-state index is 12.8. The van der Waals surface area contributed by atoms with E-state index in [0.29, 0.717) is 23.6 Å². The zero-order chi connectivity index (χ0) is 19.0. The molecule has 0 spiro atoms. The third-order valence-corrected chi connectivity index (χ3v) is 7.00. The number of benzene rings is 2. The molecule has 1 saturated carbocycles. The summed E-state index contributed by atoms with van der Waals surface area (Å²) in [5.41, 5.74) is 2.16. The van der Waals surface area contributed by atoms with E-state index < -0.39 is 10.0 Å². The van der Waals surface area contributed by atoms with Gasteiger partial charge in [0.25, 0.3) is 5.91 Å². The number of nitrogens with one attached hydrogen (secondary N) is 1. The lowest BCUT2D eigenvalue weighted by Crippen LogP contribution is -2.32. The van der Waals surface area contributed by atoms with Crippen molar-refractivity contribution in [3.05, 3.63) is 58.6 Å². The Labute approximate surface area is 164 Å². The van der Waals surface area contributed by atoms with E-state index in [1.54, 1.807) is 47.4 Å². The van der Waals surface area contributed by atoms with Crippen molar-refractivity contribution < 1.29 is 13.2 Å². The van der Waals surface area contributed by atoms with Gasteiger partial charge in [-0.3, -0.25) is 4.79 Å². The van der Waals surface area contributed by atoms with Crippen molar-refractivity contribution in [1.29, 1.82) is 0 Å². The van der Waals surface area contributed by atoms with Gasteiger partial charge in [-0.05, 0) is 61.2 Å². The summed E-state index contributed by atoms with van der Waals surface area (Å²) in [7, 11) is -3.53. The maximum absolute atomic E-state index is 12.8. The molecular formula is C20H21ClN2O3S. The van der Waals surface area contributed by atoms with E-state index in [1.165, 1.54) is 0 Å². The smallest absolute Gasteiger partial charge is 0.258 e. The highest BCUT2D eigenvalue weighted by Gasteiger charge is 2.28. The highest BCUT2D eigenvalue weighted by Crippen LogP contribution is 2.32. The zero-order valence-electron chi connectivity index (χ0n) is 14.8. The van der Waals surface area contributed by atoms with Crippen LogP contribution in [0.1, 0.15) is 41.6 Å². The van der Waals surface area contributed by atoms with Gasteiger partial charge in [-0.15, -0.1) is 0 Å². The van der Waals surface area contributed by atoms with E-state index in [2.05, 4.69) is 4.72 Å². The fourth-order valence-corrected chi connectivity index (χ4v) is 5.41. The Balaban J connectivity index is 1.58. The van der Waals surface area contributed by atoms with Gasteiger partial charge in [0, 0.05) is 28.9 Å². The van der Waals surface area contributed by atoms with Gasteiger partial charge in [-0.1, -0.05) is 30.5 Å². The summed E-state index contributed by atoms with van der Waals surface area (Å²) in [5, 5.41) is 0.514. The van der Waals surface area contributed by atoms with Crippen molar-refractivity contribution in [2.45, 2.75) is 43.0 Å². The van der Waals surface area contributed by atoms with Crippen molar-refractivity contribution in [2.75, 3.05) is 11.4 Å². The Morgan fingerprint density at radius 3 is 2.63 bits per heavy atom. The first kappa shape index (κ1) is 18.5. The quantitative estimate of drug-likeness (QED) is 0.843. The molecule has 27 heavy (non-hydrogen) atoms. The molecule has 0 aromatic heterocycles. The second-order valence-corrected chi connectivity index (χ2v) is 9.26. The Morgan fingerprint density at radius 1 is 1.11 bits per heavy atom. The van der Waals surface area contributed by atoms with E-state index in [-0.39, 0.29) is 16.8 Å². The molecule has 0 bridgehead atoms. The van der Waals surface area contributed by atoms with Crippen molar-refractivity contribution >= 4 is 33.2 Å². The summed E-state index contributed by atoms with van der Waals surface area (Å²) in [5.74, 6) is -0.129. The molecule has 1 aliphatic heterocycles. The molecule has 7 heteroatoms. The molecule has 0 atom stereocenters. The van der Waals surface area contributed by atoms with Gasteiger partial charge >= 0.3 is 0 Å². The minimum absolute atomic E-state index is 0.0316. The van der Waals surface area contributed by atoms with Gasteiger partial charge in [0.2, 0.25) is 10.0 Å². The molecule has 2 aromatic rings. The Kier molecular flexibility index (Phi) is 4.97. The molecule has 142 valence electrons. The van der Waals surface area contributed by atoms with Crippen LogP contribution in [0.3, 0.4) is 0 Å². The number of rotatable bonds is 4. The highest BCUT2D eigenvalue weighted by molar-refractivity contribution is 7.89. The van der Waals surface area contributed by atoms with Gasteiger partial charge in [-0.25, -0.2) is 13.1 Å². The van der Waals surface area contributed by atoms with Crippen LogP contribution in [0.15, 0.2) is 47.4 Å². The first-order chi connectivity index (χ1) is 12.9. The fourth-order valence-electron chi connectivity index (χ4n) is 3.86. The van der Waals surface area contributed by atoms with E-state index in [9.17, 15) is 13.2 Å². The normalized spacial score (nSPS) is 17.3. The molecule has 0 saturated heterocycles. The number of hydrogen-bond donors (Lipinski definition) is 1. The number of carbonyl (C=O) groups excluding carboxylic acids is 1. The average molecular weight is 405 g/mol. The van der Waals surface area contributed by atoms with Gasteiger partial charge < -0.3 is 4.90 Å². The number of hydrogen-bond acceptors (Lipinski definition) is 3. The Hall–Kier alpha value is -1.89. The van der Waals surface area contributed by atoms with Gasteiger partial charge in [0.15, 0.2) is 0 Å². The summed E-state index contributed by atoms with van der Waals surface area (Å²) in [6, 6.07) is 11.9. The first-order valence-electron chi connectivity index (χ1n) is 9.17. The second kappa shape index (κ2) is 7.26. The fraction of sp³-hybridized carbons (Fsp3) is 0.350. The molecule has 1 fully saturated rings. The maximum Gasteiger partial charge on any atom is 0.258 e. The predicted molar refractivity (Wildman–Crippen MR) is 106 cm³/mol. The van der Waals surface area contributed by atoms with Crippen molar-refractivity contribution in [3.8, 4) is 0 Å². The molecule has 4 rings (SSSR count). The monoisotopic (exact) mass is 404 g/mol. The minimum Gasteiger partial charge on any atom is -0.308 e. The molecule has 0 radical (unpaired) electrons. The Morgan fingerprint density at radius 2 is 1.89 bits per heavy atom. The van der Waals surface area contributed by atoms with E-state index in [0.717, 1.165) is 36.9 Å². The Bertz CT molecular complexity index is 984. The van der Waals surface area contributed by atoms with Crippen LogP contribution in [-0.4, -0.2) is 26.9 Å². The lowest BCUT2D eigenvalue weighted by atomic mass is 10.1. The highest BCUT2D eigenvalue weighted by atomic mass is 35.5. The predicted octanol–water partition coefficient (Wildman–Crippen LogP) is 3.76. The van der Waals surface area contributed by atoms with Crippen LogP contribution < -0.4 is 9.62 Å². The molecule has 0 unspecified atom stereocenters. The number of anilines is 1. The summed E-state index contributed by atoms with van der Waals surface area (Å²) in [6.07, 6.45) is 4.56. The van der Waals surface area contributed by atoms with Crippen LogP contribution in [0.5, 0.6) is 0 Å². The first-order valence-corrected chi connectivity index (χ1v) is 11.0. The number of nitrogens with zero attached hydrogens (tertiary/aromatic N) is 1. The van der Waals surface area contributed by atoms with E-state index in [4.69, 9.17) is 11.6 Å². The molecule has 2 aliphatic rings. The number of carbonyl (C=O) groups is 1. The molecule has 1 aliphatic carbocycles. The molecular weight excluding hydrogens is 384 g/mol. The van der Waals surface area contributed by atoms with Crippen LogP contribution >= 0.6 is 11.6 Å². The van der Waals surface area contributed by atoms with Crippen LogP contribution in [-0.2, 0) is 16.4 Å². The van der Waals surface area contributed by atoms with E-state index >= 15 is 0 Å². The number of halogens is 1. The third kappa shape index (κ3) is 3.74. The van der Waals surface area contributed by atoms with Gasteiger partial charge in [-0.2, -0.15) is 0 Å². The topological polar surface area (TPSA) is 66.5 Å². The molecule has 5 nitrogen and oxygen atoms in total. The lowest BCUT2D eigenvalue weighted by Gasteiger charge is -2.18. The van der Waals surface area contributed by atoms with Gasteiger partial charge in [0.05, 0.1) is 4.90 Å². The number of amides is 1. The van der Waals surface area contributed by atoms with E-state index in [1.807, 2.05) is 0 Å². The lowest BCUT2D eigenvalue weighted by molar-refractivity contribution is 0.0989. The molecule has 1 heterocycles. The second-order valence-electron chi connectivity index (χ2n) is 7.11. The van der Waals surface area contributed by atoms with Gasteiger partial charge in [0.1, 0.15) is 0 Å². The standard InChI is InChI=1S/C20H21ClN2O3S/c21-16-5-3-4-15(12-16)20(24)23-11-10-14-13-18(8-9-19(14)23)27(25,26)22-17-6-1-2-7-17/h3-5,8-9,12-13,17,22H,1-2,6-7,10-11H2. The summed E-state index contributed by atoms with van der Waals surface area (Å²) in [6.45, 7) is 0.528. The third-order valence-electron chi connectivity index (χ3n) is 5.25. The summed E-state index contributed by atoms with van der Waals surface area (Å²) in [4.78, 5) is 14.8. The van der Waals surface area contributed by atoms with Crippen LogP contribution in [0.4, 0.5) is 5.69 Å². The van der Waals surface area contributed by atoms with Crippen LogP contribution in [0, 0.1) is 0 Å². The molecule has 1 N–H and O–H groups in total. The zero-order valence-corrected chi connectivity index (χ0v) is 16.4. The minimum atomic E-state index is -3.53. The largest absolute Gasteiger partial charge is 0.308 e. The molecule has 1 amide bonds. The number of sulfonamides is 1. The summed E-state index contributed by atoms with van der Waals surface area (Å²) >= 11 is 5.99. The van der Waals surface area contributed by atoms with Crippen molar-refractivity contribution in [1.82, 2.24) is 4.72 Å². The van der Waals surface area contributed by atoms with Crippen molar-refractivity contribution in [2.24, 2.45) is 0 Å². The molecule has 2 aromatic carbocycles.